The Bertz CT molecular complexity index is 526. The molecule has 0 radical (unpaired) electrons. The Kier molecular flexibility index (Phi) is 6.34. The van der Waals surface area contributed by atoms with Gasteiger partial charge in [-0.2, -0.15) is 0 Å². The summed E-state index contributed by atoms with van der Waals surface area (Å²) in [5.74, 6) is 0.888. The van der Waals surface area contributed by atoms with Crippen LogP contribution in [0.1, 0.15) is 0 Å². The van der Waals surface area contributed by atoms with Crippen molar-refractivity contribution in [3.63, 3.8) is 0 Å². The number of ether oxygens (including phenoxy) is 2. The molecule has 2 heterocycles. The molecule has 0 bridgehead atoms. The van der Waals surface area contributed by atoms with E-state index >= 15 is 0 Å². The highest BCUT2D eigenvalue weighted by atomic mass is 79.9. The third-order valence-electron chi connectivity index (χ3n) is 4.41. The molecule has 0 aromatic heterocycles. The second kappa shape index (κ2) is 8.69. The topological polar surface area (TPSA) is 45.2 Å². The van der Waals surface area contributed by atoms with Crippen LogP contribution in [0.2, 0.25) is 0 Å². The van der Waals surface area contributed by atoms with Gasteiger partial charge in [0, 0.05) is 50.3 Å². The summed E-state index contributed by atoms with van der Waals surface area (Å²) in [6, 6.07) is 8.03. The first-order valence-electron chi connectivity index (χ1n) is 8.45. The number of morpholine rings is 1. The Morgan fingerprint density at radius 3 is 2.29 bits per heavy atom. The Morgan fingerprint density at radius 1 is 1.00 bits per heavy atom. The summed E-state index contributed by atoms with van der Waals surface area (Å²) >= 11 is 3.42. The van der Waals surface area contributed by atoms with Crippen LogP contribution in [0.5, 0.6) is 5.75 Å². The fourth-order valence-electron chi connectivity index (χ4n) is 2.94. The van der Waals surface area contributed by atoms with Gasteiger partial charge in [-0.05, 0) is 24.3 Å². The van der Waals surface area contributed by atoms with E-state index in [0.29, 0.717) is 32.9 Å². The van der Waals surface area contributed by atoms with Gasteiger partial charge in [0.15, 0.2) is 0 Å². The second-order valence-electron chi connectivity index (χ2n) is 6.01. The number of carbonyl (C=O) groups excluding carboxylic acids is 1. The standard InChI is InChI=1S/C17H24BrN3O3/c18-15-1-3-16(4-2-15)24-14-9-19-5-7-20(8-6-19)17(22)21-10-12-23-13-11-21/h1-4H,5-14H2. The van der Waals surface area contributed by atoms with Gasteiger partial charge in [-0.25, -0.2) is 4.79 Å². The van der Waals surface area contributed by atoms with Crippen molar-refractivity contribution in [2.24, 2.45) is 0 Å². The molecule has 2 amide bonds. The van der Waals surface area contributed by atoms with Gasteiger partial charge in [-0.1, -0.05) is 15.9 Å². The molecule has 2 fully saturated rings. The van der Waals surface area contributed by atoms with Crippen LogP contribution in [0.4, 0.5) is 4.79 Å². The van der Waals surface area contributed by atoms with Crippen LogP contribution in [0.3, 0.4) is 0 Å². The molecule has 1 aromatic rings. The van der Waals surface area contributed by atoms with E-state index in [1.165, 1.54) is 0 Å². The van der Waals surface area contributed by atoms with E-state index in [0.717, 1.165) is 42.9 Å². The molecular weight excluding hydrogens is 374 g/mol. The molecule has 0 saturated carbocycles. The maximum absolute atomic E-state index is 12.4. The summed E-state index contributed by atoms with van der Waals surface area (Å²) in [5.41, 5.74) is 0. The molecule has 6 nitrogen and oxygen atoms in total. The fraction of sp³-hybridized carbons (Fsp3) is 0.588. The highest BCUT2D eigenvalue weighted by molar-refractivity contribution is 9.10. The molecule has 2 aliphatic rings. The Hall–Kier alpha value is -1.31. The molecule has 24 heavy (non-hydrogen) atoms. The lowest BCUT2D eigenvalue weighted by Crippen LogP contribution is -2.55. The van der Waals surface area contributed by atoms with Crippen molar-refractivity contribution in [1.29, 1.82) is 0 Å². The summed E-state index contributed by atoms with van der Waals surface area (Å²) in [6.45, 7) is 7.65. The van der Waals surface area contributed by atoms with E-state index in [2.05, 4.69) is 20.8 Å². The lowest BCUT2D eigenvalue weighted by atomic mass is 10.3. The minimum absolute atomic E-state index is 0.157. The summed E-state index contributed by atoms with van der Waals surface area (Å²) < 4.78 is 12.1. The van der Waals surface area contributed by atoms with E-state index < -0.39 is 0 Å². The van der Waals surface area contributed by atoms with Crippen LogP contribution >= 0.6 is 15.9 Å². The number of rotatable bonds is 4. The monoisotopic (exact) mass is 397 g/mol. The molecule has 0 atom stereocenters. The number of hydrogen-bond acceptors (Lipinski definition) is 4. The van der Waals surface area contributed by atoms with Crippen molar-refractivity contribution >= 4 is 22.0 Å². The van der Waals surface area contributed by atoms with Crippen molar-refractivity contribution in [3.05, 3.63) is 28.7 Å². The molecule has 0 N–H and O–H groups in total. The zero-order valence-corrected chi connectivity index (χ0v) is 15.4. The first-order chi connectivity index (χ1) is 11.7. The highest BCUT2D eigenvalue weighted by Gasteiger charge is 2.26. The van der Waals surface area contributed by atoms with Gasteiger partial charge in [-0.3, -0.25) is 4.90 Å². The molecule has 1 aromatic carbocycles. The molecule has 2 aliphatic heterocycles. The molecule has 2 saturated heterocycles. The lowest BCUT2D eigenvalue weighted by molar-refractivity contribution is 0.0370. The zero-order chi connectivity index (χ0) is 16.8. The summed E-state index contributed by atoms with van der Waals surface area (Å²) in [6.07, 6.45) is 0. The number of halogens is 1. The average Bonchev–Trinajstić information content (AvgIpc) is 2.64. The van der Waals surface area contributed by atoms with Crippen LogP contribution in [-0.4, -0.2) is 86.4 Å². The number of hydrogen-bond donors (Lipinski definition) is 0. The van der Waals surface area contributed by atoms with E-state index in [4.69, 9.17) is 9.47 Å². The minimum Gasteiger partial charge on any atom is -0.492 e. The van der Waals surface area contributed by atoms with Gasteiger partial charge in [0.25, 0.3) is 0 Å². The normalized spacial score (nSPS) is 19.4. The van der Waals surface area contributed by atoms with Gasteiger partial charge in [0.1, 0.15) is 12.4 Å². The van der Waals surface area contributed by atoms with E-state index in [1.807, 2.05) is 34.1 Å². The van der Waals surface area contributed by atoms with Crippen LogP contribution in [0, 0.1) is 0 Å². The second-order valence-corrected chi connectivity index (χ2v) is 6.93. The number of urea groups is 1. The van der Waals surface area contributed by atoms with E-state index in [-0.39, 0.29) is 6.03 Å². The highest BCUT2D eigenvalue weighted by Crippen LogP contribution is 2.16. The van der Waals surface area contributed by atoms with Gasteiger partial charge in [0.2, 0.25) is 0 Å². The summed E-state index contributed by atoms with van der Waals surface area (Å²) in [7, 11) is 0. The predicted molar refractivity (Wildman–Crippen MR) is 95.4 cm³/mol. The van der Waals surface area contributed by atoms with Gasteiger partial charge in [-0.15, -0.1) is 0 Å². The first-order valence-corrected chi connectivity index (χ1v) is 9.24. The molecule has 3 rings (SSSR count). The Labute approximate surface area is 151 Å². The predicted octanol–water partition coefficient (Wildman–Crippen LogP) is 1.90. The van der Waals surface area contributed by atoms with Crippen LogP contribution in [0.15, 0.2) is 28.7 Å². The Balaban J connectivity index is 1.35. The molecule has 132 valence electrons. The third-order valence-corrected chi connectivity index (χ3v) is 4.94. The number of benzene rings is 1. The van der Waals surface area contributed by atoms with Crippen LogP contribution in [0.25, 0.3) is 0 Å². The number of carbonyl (C=O) groups is 1. The van der Waals surface area contributed by atoms with Crippen molar-refractivity contribution in [2.75, 3.05) is 65.6 Å². The van der Waals surface area contributed by atoms with Crippen LogP contribution < -0.4 is 4.74 Å². The smallest absolute Gasteiger partial charge is 0.320 e. The van der Waals surface area contributed by atoms with Crippen molar-refractivity contribution in [2.45, 2.75) is 0 Å². The number of nitrogens with zero attached hydrogens (tertiary/aromatic N) is 3. The molecule has 0 unspecified atom stereocenters. The van der Waals surface area contributed by atoms with Gasteiger partial charge < -0.3 is 19.3 Å². The first kappa shape index (κ1) is 17.5. The fourth-order valence-corrected chi connectivity index (χ4v) is 3.21. The van der Waals surface area contributed by atoms with E-state index in [1.54, 1.807) is 0 Å². The maximum Gasteiger partial charge on any atom is 0.320 e. The molecule has 0 spiro atoms. The van der Waals surface area contributed by atoms with Crippen molar-refractivity contribution in [1.82, 2.24) is 14.7 Å². The minimum atomic E-state index is 0.157. The number of amides is 2. The molecule has 0 aliphatic carbocycles. The van der Waals surface area contributed by atoms with Crippen molar-refractivity contribution in [3.8, 4) is 5.75 Å². The zero-order valence-electron chi connectivity index (χ0n) is 13.8. The summed E-state index contributed by atoms with van der Waals surface area (Å²) in [5, 5.41) is 0. The molecule has 7 heteroatoms. The molecular formula is C17H24BrN3O3. The van der Waals surface area contributed by atoms with Gasteiger partial charge >= 0.3 is 6.03 Å². The van der Waals surface area contributed by atoms with Gasteiger partial charge in [0.05, 0.1) is 13.2 Å². The lowest BCUT2D eigenvalue weighted by Gasteiger charge is -2.38. The third kappa shape index (κ3) is 4.84. The maximum atomic E-state index is 12.4. The summed E-state index contributed by atoms with van der Waals surface area (Å²) in [4.78, 5) is 18.6. The van der Waals surface area contributed by atoms with Crippen LogP contribution in [-0.2, 0) is 4.74 Å². The van der Waals surface area contributed by atoms with E-state index in [9.17, 15) is 4.79 Å². The average molecular weight is 398 g/mol. The number of piperazine rings is 1. The quantitative estimate of drug-likeness (QED) is 0.778. The Morgan fingerprint density at radius 2 is 1.62 bits per heavy atom. The van der Waals surface area contributed by atoms with Crippen molar-refractivity contribution < 1.29 is 14.3 Å². The largest absolute Gasteiger partial charge is 0.492 e. The SMILES string of the molecule is O=C(N1CCOCC1)N1CCN(CCOc2ccc(Br)cc2)CC1.